The number of aromatic hydroxyl groups is 1. The summed E-state index contributed by atoms with van der Waals surface area (Å²) in [5.41, 5.74) is 3.71. The number of rotatable bonds is 3. The lowest BCUT2D eigenvalue weighted by Gasteiger charge is -2.07. The van der Waals surface area contributed by atoms with E-state index in [0.29, 0.717) is 21.3 Å². The molecule has 0 aliphatic rings. The number of para-hydroxylation sites is 1. The van der Waals surface area contributed by atoms with E-state index in [2.05, 4.69) is 0 Å². The number of phenols is 1. The molecule has 3 aromatic carbocycles. The van der Waals surface area contributed by atoms with E-state index in [9.17, 15) is 5.11 Å². The third kappa shape index (κ3) is 3.54. The van der Waals surface area contributed by atoms with Crippen molar-refractivity contribution >= 4 is 34.8 Å². The van der Waals surface area contributed by atoms with Crippen LogP contribution in [0.15, 0.2) is 72.8 Å². The molecule has 0 fully saturated rings. The van der Waals surface area contributed by atoms with E-state index in [1.54, 1.807) is 6.07 Å². The summed E-state index contributed by atoms with van der Waals surface area (Å²) < 4.78 is 1.81. The van der Waals surface area contributed by atoms with E-state index in [1.165, 1.54) is 6.07 Å². The second-order valence-electron chi connectivity index (χ2n) is 5.95. The molecule has 134 valence electrons. The first-order valence-electron chi connectivity index (χ1n) is 8.13. The highest BCUT2D eigenvalue weighted by molar-refractivity contribution is 6.36. The van der Waals surface area contributed by atoms with Gasteiger partial charge in [0.05, 0.1) is 22.1 Å². The molecule has 4 aromatic rings. The van der Waals surface area contributed by atoms with Gasteiger partial charge in [0.2, 0.25) is 0 Å². The number of halogens is 3. The first-order valence-corrected chi connectivity index (χ1v) is 9.26. The Hall–Kier alpha value is -2.46. The second kappa shape index (κ2) is 7.28. The zero-order chi connectivity index (χ0) is 19.0. The lowest BCUT2D eigenvalue weighted by atomic mass is 10.1. The van der Waals surface area contributed by atoms with Crippen molar-refractivity contribution in [2.75, 3.05) is 0 Å². The van der Waals surface area contributed by atoms with Gasteiger partial charge in [0.15, 0.2) is 0 Å². The molecule has 0 bridgehead atoms. The Bertz CT molecular complexity index is 1110. The lowest BCUT2D eigenvalue weighted by molar-refractivity contribution is 0.477. The highest BCUT2D eigenvalue weighted by Gasteiger charge is 2.17. The standard InChI is InChI=1S/C21H13Cl3N2O/c22-14-8-6-13(7-9-14)20-12-19(17-10-15(23)11-18(24)21(17)27)25-26(20)16-4-2-1-3-5-16/h1-12,27H. The number of aromatic nitrogens is 2. The fourth-order valence-electron chi connectivity index (χ4n) is 2.87. The van der Waals surface area contributed by atoms with E-state index in [0.717, 1.165) is 16.9 Å². The molecule has 0 amide bonds. The van der Waals surface area contributed by atoms with Crippen LogP contribution >= 0.6 is 34.8 Å². The number of benzene rings is 3. The average molecular weight is 416 g/mol. The molecule has 0 radical (unpaired) electrons. The Labute approximate surface area is 171 Å². The van der Waals surface area contributed by atoms with Crippen molar-refractivity contribution in [1.82, 2.24) is 9.78 Å². The highest BCUT2D eigenvalue weighted by Crippen LogP contribution is 2.39. The molecule has 0 saturated heterocycles. The predicted molar refractivity (Wildman–Crippen MR) is 111 cm³/mol. The van der Waals surface area contributed by atoms with Gasteiger partial charge in [-0.3, -0.25) is 0 Å². The Morgan fingerprint density at radius 3 is 2.19 bits per heavy atom. The molecule has 1 N–H and O–H groups in total. The summed E-state index contributed by atoms with van der Waals surface area (Å²) in [7, 11) is 0. The van der Waals surface area contributed by atoms with E-state index >= 15 is 0 Å². The largest absolute Gasteiger partial charge is 0.506 e. The Kier molecular flexibility index (Phi) is 4.83. The normalized spacial score (nSPS) is 10.9. The Morgan fingerprint density at radius 2 is 1.48 bits per heavy atom. The van der Waals surface area contributed by atoms with Crippen molar-refractivity contribution < 1.29 is 5.11 Å². The summed E-state index contributed by atoms with van der Waals surface area (Å²) in [6.45, 7) is 0. The fourth-order valence-corrected chi connectivity index (χ4v) is 3.49. The highest BCUT2D eigenvalue weighted by atomic mass is 35.5. The van der Waals surface area contributed by atoms with Crippen molar-refractivity contribution in [2.24, 2.45) is 0 Å². The van der Waals surface area contributed by atoms with Crippen LogP contribution in [-0.2, 0) is 0 Å². The van der Waals surface area contributed by atoms with Crippen molar-refractivity contribution in [1.29, 1.82) is 0 Å². The molecule has 1 heterocycles. The molecule has 6 heteroatoms. The summed E-state index contributed by atoms with van der Waals surface area (Å²) in [6.07, 6.45) is 0. The van der Waals surface area contributed by atoms with Gasteiger partial charge in [0.1, 0.15) is 5.75 Å². The summed E-state index contributed by atoms with van der Waals surface area (Å²) >= 11 is 18.2. The SMILES string of the molecule is Oc1c(Cl)cc(Cl)cc1-c1cc(-c2ccc(Cl)cc2)n(-c2ccccc2)n1. The summed E-state index contributed by atoms with van der Waals surface area (Å²) in [5.74, 6) is -0.0542. The molecule has 1 aromatic heterocycles. The van der Waals surface area contributed by atoms with Crippen LogP contribution in [0.25, 0.3) is 28.2 Å². The lowest BCUT2D eigenvalue weighted by Crippen LogP contribution is -1.98. The van der Waals surface area contributed by atoms with Crippen molar-refractivity contribution in [3.05, 3.63) is 87.9 Å². The van der Waals surface area contributed by atoms with Gasteiger partial charge in [0, 0.05) is 21.2 Å². The molecule has 0 aliphatic carbocycles. The van der Waals surface area contributed by atoms with Gasteiger partial charge < -0.3 is 5.11 Å². The zero-order valence-electron chi connectivity index (χ0n) is 13.9. The molecule has 0 unspecified atom stereocenters. The number of nitrogens with zero attached hydrogens (tertiary/aromatic N) is 2. The maximum atomic E-state index is 10.4. The van der Waals surface area contributed by atoms with Crippen molar-refractivity contribution in [3.63, 3.8) is 0 Å². The van der Waals surface area contributed by atoms with E-state index in [1.807, 2.05) is 65.3 Å². The maximum Gasteiger partial charge on any atom is 0.143 e. The summed E-state index contributed by atoms with van der Waals surface area (Å²) in [5, 5.41) is 16.4. The van der Waals surface area contributed by atoms with Crippen LogP contribution in [0.1, 0.15) is 0 Å². The van der Waals surface area contributed by atoms with E-state index < -0.39 is 0 Å². The van der Waals surface area contributed by atoms with Crippen molar-refractivity contribution in [3.8, 4) is 34.0 Å². The van der Waals surface area contributed by atoms with Gasteiger partial charge in [-0.2, -0.15) is 5.10 Å². The average Bonchev–Trinajstić information content (AvgIpc) is 3.11. The topological polar surface area (TPSA) is 38.0 Å². The molecular formula is C21H13Cl3N2O. The summed E-state index contributed by atoms with van der Waals surface area (Å²) in [6, 6.07) is 22.3. The minimum Gasteiger partial charge on any atom is -0.506 e. The predicted octanol–water partition coefficient (Wildman–Crippen LogP) is 6.87. The van der Waals surface area contributed by atoms with E-state index in [-0.39, 0.29) is 10.8 Å². The molecule has 0 saturated carbocycles. The fraction of sp³-hybridized carbons (Fsp3) is 0. The van der Waals surface area contributed by atoms with Gasteiger partial charge in [-0.1, -0.05) is 65.1 Å². The number of hydrogen-bond acceptors (Lipinski definition) is 2. The first kappa shape index (κ1) is 17.9. The van der Waals surface area contributed by atoms with Crippen LogP contribution in [0.3, 0.4) is 0 Å². The first-order chi connectivity index (χ1) is 13.0. The Balaban J connectivity index is 1.95. The minimum absolute atomic E-state index is 0.0542. The molecular weight excluding hydrogens is 403 g/mol. The van der Waals surface area contributed by atoms with Gasteiger partial charge in [-0.25, -0.2) is 4.68 Å². The van der Waals surface area contributed by atoms with E-state index in [4.69, 9.17) is 39.9 Å². The zero-order valence-corrected chi connectivity index (χ0v) is 16.2. The molecule has 0 spiro atoms. The molecule has 3 nitrogen and oxygen atoms in total. The number of phenolic OH excluding ortho intramolecular Hbond substituents is 1. The molecule has 0 aliphatic heterocycles. The molecule has 0 atom stereocenters. The van der Waals surface area contributed by atoms with Crippen LogP contribution in [0.5, 0.6) is 5.75 Å². The van der Waals surface area contributed by atoms with Gasteiger partial charge >= 0.3 is 0 Å². The van der Waals surface area contributed by atoms with Crippen LogP contribution < -0.4 is 0 Å². The van der Waals surface area contributed by atoms with Crippen LogP contribution in [-0.4, -0.2) is 14.9 Å². The number of hydrogen-bond donors (Lipinski definition) is 1. The second-order valence-corrected chi connectivity index (χ2v) is 7.23. The van der Waals surface area contributed by atoms with Crippen molar-refractivity contribution in [2.45, 2.75) is 0 Å². The smallest absolute Gasteiger partial charge is 0.143 e. The van der Waals surface area contributed by atoms with Gasteiger partial charge in [0.25, 0.3) is 0 Å². The van der Waals surface area contributed by atoms with Gasteiger partial charge in [-0.15, -0.1) is 0 Å². The van der Waals surface area contributed by atoms with Gasteiger partial charge in [-0.05, 0) is 42.5 Å². The van der Waals surface area contributed by atoms with Crippen LogP contribution in [0.2, 0.25) is 15.1 Å². The monoisotopic (exact) mass is 414 g/mol. The van der Waals surface area contributed by atoms with Crippen LogP contribution in [0, 0.1) is 0 Å². The molecule has 4 rings (SSSR count). The minimum atomic E-state index is -0.0542. The van der Waals surface area contributed by atoms with Crippen LogP contribution in [0.4, 0.5) is 0 Å². The Morgan fingerprint density at radius 1 is 0.778 bits per heavy atom. The quantitative estimate of drug-likeness (QED) is 0.396. The third-order valence-corrected chi connectivity index (χ3v) is 4.91. The molecule has 27 heavy (non-hydrogen) atoms. The third-order valence-electron chi connectivity index (χ3n) is 4.15. The maximum absolute atomic E-state index is 10.4. The summed E-state index contributed by atoms with van der Waals surface area (Å²) in [4.78, 5) is 0.